The lowest BCUT2D eigenvalue weighted by Gasteiger charge is -2.39. The normalized spacial score (nSPS) is 29.2. The van der Waals surface area contributed by atoms with Crippen LogP contribution in [0.3, 0.4) is 0 Å². The largest absolute Gasteiger partial charge is 0.298 e. The molecule has 0 N–H and O–H groups in total. The molecule has 1 fully saturated rings. The van der Waals surface area contributed by atoms with E-state index in [1.54, 1.807) is 0 Å². The average Bonchev–Trinajstić information content (AvgIpc) is 2.04. The average molecular weight is 169 g/mol. The van der Waals surface area contributed by atoms with Gasteiger partial charge < -0.3 is 0 Å². The number of piperidine rings is 1. The first-order valence-electron chi connectivity index (χ1n) is 5.38. The first kappa shape index (κ1) is 10.0. The van der Waals surface area contributed by atoms with Crippen LogP contribution in [-0.4, -0.2) is 23.5 Å². The fourth-order valence-electron chi connectivity index (χ4n) is 2.11. The Morgan fingerprint density at radius 1 is 1.17 bits per heavy atom. The van der Waals surface area contributed by atoms with Gasteiger partial charge in [0, 0.05) is 12.1 Å². The van der Waals surface area contributed by atoms with Crippen molar-refractivity contribution >= 4 is 0 Å². The minimum absolute atomic E-state index is 0.764. The van der Waals surface area contributed by atoms with Gasteiger partial charge in [0.1, 0.15) is 0 Å². The van der Waals surface area contributed by atoms with Crippen LogP contribution < -0.4 is 0 Å². The van der Waals surface area contributed by atoms with Crippen LogP contribution in [0.25, 0.3) is 0 Å². The summed E-state index contributed by atoms with van der Waals surface area (Å²) < 4.78 is 0. The quantitative estimate of drug-likeness (QED) is 0.614. The van der Waals surface area contributed by atoms with Crippen LogP contribution in [0.5, 0.6) is 0 Å². The van der Waals surface area contributed by atoms with Crippen LogP contribution in [0.1, 0.15) is 47.0 Å². The second-order valence-electron chi connectivity index (χ2n) is 4.57. The summed E-state index contributed by atoms with van der Waals surface area (Å²) >= 11 is 0. The Labute approximate surface area is 77.1 Å². The summed E-state index contributed by atoms with van der Waals surface area (Å²) in [5.74, 6) is 0.797. The Hall–Kier alpha value is -0.0400. The van der Waals surface area contributed by atoms with Crippen molar-refractivity contribution in [2.24, 2.45) is 5.92 Å². The summed E-state index contributed by atoms with van der Waals surface area (Å²) in [5.41, 5.74) is 0. The molecule has 0 aromatic heterocycles. The molecule has 0 aliphatic carbocycles. The van der Waals surface area contributed by atoms with E-state index in [2.05, 4.69) is 32.6 Å². The minimum Gasteiger partial charge on any atom is -0.298 e. The molecule has 72 valence electrons. The second kappa shape index (κ2) is 4.27. The van der Waals surface area contributed by atoms with Crippen molar-refractivity contribution < 1.29 is 0 Å². The third-order valence-electron chi connectivity index (χ3n) is 3.34. The number of likely N-dealkylation sites (tertiary alicyclic amines) is 1. The van der Waals surface area contributed by atoms with Crippen molar-refractivity contribution in [1.29, 1.82) is 0 Å². The number of nitrogens with zero attached hydrogens (tertiary/aromatic N) is 1. The molecule has 0 amide bonds. The molecule has 1 nitrogen and oxygen atoms in total. The molecule has 1 rings (SSSR count). The highest BCUT2D eigenvalue weighted by Gasteiger charge is 2.24. The molecule has 1 aliphatic heterocycles. The summed E-state index contributed by atoms with van der Waals surface area (Å²) in [6, 6.07) is 1.58. The van der Waals surface area contributed by atoms with E-state index < -0.39 is 0 Å². The number of hydrogen-bond donors (Lipinski definition) is 0. The van der Waals surface area contributed by atoms with Gasteiger partial charge in [0.05, 0.1) is 0 Å². The maximum Gasteiger partial charge on any atom is 0.00927 e. The molecule has 2 atom stereocenters. The van der Waals surface area contributed by atoms with Gasteiger partial charge in [0.2, 0.25) is 0 Å². The topological polar surface area (TPSA) is 3.24 Å². The monoisotopic (exact) mass is 169 g/mol. The first-order chi connectivity index (χ1) is 5.63. The molecular formula is C11H23N. The van der Waals surface area contributed by atoms with Gasteiger partial charge in [-0.15, -0.1) is 0 Å². The molecule has 2 unspecified atom stereocenters. The maximum absolute atomic E-state index is 2.67. The van der Waals surface area contributed by atoms with E-state index >= 15 is 0 Å². The molecule has 1 heteroatoms. The van der Waals surface area contributed by atoms with Gasteiger partial charge in [-0.3, -0.25) is 4.90 Å². The van der Waals surface area contributed by atoms with Crippen molar-refractivity contribution in [1.82, 2.24) is 4.90 Å². The molecular weight excluding hydrogens is 146 g/mol. The standard InChI is InChI=1S/C11H23N/c1-9(2)11(4)12-8-6-5-7-10(12)3/h9-11H,5-8H2,1-4H3. The highest BCUT2D eigenvalue weighted by atomic mass is 15.2. The van der Waals surface area contributed by atoms with E-state index in [0.717, 1.165) is 18.0 Å². The molecule has 1 aliphatic rings. The summed E-state index contributed by atoms with van der Waals surface area (Å²) in [4.78, 5) is 2.67. The molecule has 0 bridgehead atoms. The number of rotatable bonds is 2. The lowest BCUT2D eigenvalue weighted by molar-refractivity contribution is 0.0888. The summed E-state index contributed by atoms with van der Waals surface area (Å²) in [5, 5.41) is 0. The summed E-state index contributed by atoms with van der Waals surface area (Å²) in [6.45, 7) is 10.7. The Balaban J connectivity index is 2.47. The van der Waals surface area contributed by atoms with Crippen molar-refractivity contribution in [2.45, 2.75) is 59.0 Å². The highest BCUT2D eigenvalue weighted by Crippen LogP contribution is 2.22. The third kappa shape index (κ3) is 2.22. The zero-order valence-corrected chi connectivity index (χ0v) is 9.01. The van der Waals surface area contributed by atoms with Gasteiger partial charge >= 0.3 is 0 Å². The highest BCUT2D eigenvalue weighted by molar-refractivity contribution is 4.79. The van der Waals surface area contributed by atoms with Crippen LogP contribution in [-0.2, 0) is 0 Å². The van der Waals surface area contributed by atoms with E-state index in [4.69, 9.17) is 0 Å². The molecule has 12 heavy (non-hydrogen) atoms. The van der Waals surface area contributed by atoms with E-state index in [0.29, 0.717) is 0 Å². The first-order valence-corrected chi connectivity index (χ1v) is 5.38. The molecule has 0 spiro atoms. The van der Waals surface area contributed by atoms with E-state index in [9.17, 15) is 0 Å². The van der Waals surface area contributed by atoms with Gasteiger partial charge in [0.25, 0.3) is 0 Å². The minimum atomic E-state index is 0.764. The Bertz CT molecular complexity index is 131. The maximum atomic E-state index is 2.67. The molecule has 0 saturated carbocycles. The smallest absolute Gasteiger partial charge is 0.00927 e. The molecule has 1 saturated heterocycles. The Kier molecular flexibility index (Phi) is 3.57. The molecule has 0 radical (unpaired) electrons. The van der Waals surface area contributed by atoms with Crippen molar-refractivity contribution in [2.75, 3.05) is 6.54 Å². The zero-order valence-electron chi connectivity index (χ0n) is 9.01. The van der Waals surface area contributed by atoms with Crippen LogP contribution in [0.4, 0.5) is 0 Å². The van der Waals surface area contributed by atoms with E-state index in [1.807, 2.05) is 0 Å². The zero-order chi connectivity index (χ0) is 9.14. The predicted molar refractivity (Wildman–Crippen MR) is 54.3 cm³/mol. The van der Waals surface area contributed by atoms with Gasteiger partial charge in [-0.1, -0.05) is 20.3 Å². The third-order valence-corrected chi connectivity index (χ3v) is 3.34. The van der Waals surface area contributed by atoms with Crippen molar-refractivity contribution in [3.8, 4) is 0 Å². The SMILES string of the molecule is CC(C)C(C)N1CCCCC1C. The van der Waals surface area contributed by atoms with Gasteiger partial charge in [-0.05, 0) is 39.2 Å². The van der Waals surface area contributed by atoms with Crippen LogP contribution >= 0.6 is 0 Å². The summed E-state index contributed by atoms with van der Waals surface area (Å²) in [7, 11) is 0. The number of hydrogen-bond acceptors (Lipinski definition) is 1. The van der Waals surface area contributed by atoms with Crippen LogP contribution in [0.15, 0.2) is 0 Å². The molecule has 0 aromatic rings. The lowest BCUT2D eigenvalue weighted by Crippen LogP contribution is -2.45. The lowest BCUT2D eigenvalue weighted by atomic mass is 9.97. The van der Waals surface area contributed by atoms with Gasteiger partial charge in [-0.2, -0.15) is 0 Å². The van der Waals surface area contributed by atoms with Crippen LogP contribution in [0.2, 0.25) is 0 Å². The summed E-state index contributed by atoms with van der Waals surface area (Å²) in [6.07, 6.45) is 4.24. The fourth-order valence-corrected chi connectivity index (χ4v) is 2.11. The fraction of sp³-hybridized carbons (Fsp3) is 1.00. The second-order valence-corrected chi connectivity index (χ2v) is 4.57. The van der Waals surface area contributed by atoms with Crippen molar-refractivity contribution in [3.63, 3.8) is 0 Å². The Morgan fingerprint density at radius 3 is 2.33 bits per heavy atom. The Morgan fingerprint density at radius 2 is 1.83 bits per heavy atom. The predicted octanol–water partition coefficient (Wildman–Crippen LogP) is 2.91. The van der Waals surface area contributed by atoms with E-state index in [-0.39, 0.29) is 0 Å². The molecule has 1 heterocycles. The van der Waals surface area contributed by atoms with Crippen molar-refractivity contribution in [3.05, 3.63) is 0 Å². The van der Waals surface area contributed by atoms with E-state index in [1.165, 1.54) is 25.8 Å². The van der Waals surface area contributed by atoms with Crippen LogP contribution in [0, 0.1) is 5.92 Å². The molecule has 0 aromatic carbocycles. The van der Waals surface area contributed by atoms with Gasteiger partial charge in [-0.25, -0.2) is 0 Å². The van der Waals surface area contributed by atoms with Gasteiger partial charge in [0.15, 0.2) is 0 Å².